The molecule has 0 saturated heterocycles. The highest BCUT2D eigenvalue weighted by atomic mass is 19.4. The number of amides is 1. The molecule has 0 aromatic heterocycles. The summed E-state index contributed by atoms with van der Waals surface area (Å²) in [6, 6.07) is 0. The maximum Gasteiger partial charge on any atom is 0.409 e. The maximum atomic E-state index is 12.4. The van der Waals surface area contributed by atoms with Crippen molar-refractivity contribution < 1.29 is 36.2 Å². The molecule has 1 aliphatic carbocycles. The lowest BCUT2D eigenvalue weighted by atomic mass is 10.0. The number of hydrogen-bond donors (Lipinski definition) is 1. The Balaban J connectivity index is 2.85. The lowest BCUT2D eigenvalue weighted by Crippen LogP contribution is -2.51. The zero-order chi connectivity index (χ0) is 15.8. The van der Waals surface area contributed by atoms with E-state index in [2.05, 4.69) is 0 Å². The molecule has 0 bridgehead atoms. The van der Waals surface area contributed by atoms with Crippen LogP contribution in [-0.2, 0) is 4.79 Å². The molecule has 1 rings (SSSR count). The molecule has 3 nitrogen and oxygen atoms in total. The molecule has 0 aromatic rings. The van der Waals surface area contributed by atoms with Gasteiger partial charge in [0.2, 0.25) is 11.8 Å². The highest BCUT2D eigenvalue weighted by Gasteiger charge is 2.62. The van der Waals surface area contributed by atoms with Gasteiger partial charge in [0.05, 0.1) is 5.60 Å². The highest BCUT2D eigenvalue weighted by Crippen LogP contribution is 2.40. The number of carbonyl (C=O) groups excluding carboxylic acids is 1. The van der Waals surface area contributed by atoms with Crippen molar-refractivity contribution in [2.24, 2.45) is 5.92 Å². The first-order valence-electron chi connectivity index (χ1n) is 5.98. The van der Waals surface area contributed by atoms with Crippen LogP contribution in [-0.4, -0.2) is 47.5 Å². The first-order valence-corrected chi connectivity index (χ1v) is 5.98. The molecular formula is C11H15F6NO2. The molecule has 0 aromatic carbocycles. The Labute approximate surface area is 111 Å². The van der Waals surface area contributed by atoms with Crippen LogP contribution in [0, 0.1) is 5.92 Å². The Bertz CT molecular complexity index is 345. The van der Waals surface area contributed by atoms with Gasteiger partial charge in [-0.25, -0.2) is 0 Å². The zero-order valence-electron chi connectivity index (χ0n) is 10.7. The van der Waals surface area contributed by atoms with Crippen LogP contribution >= 0.6 is 0 Å². The fraction of sp³-hybridized carbons (Fsp3) is 0.909. The molecule has 0 unspecified atom stereocenters. The summed E-state index contributed by atoms with van der Waals surface area (Å²) in [5.41, 5.74) is -1.40. The molecular weight excluding hydrogens is 292 g/mol. The van der Waals surface area contributed by atoms with Crippen LogP contribution in [0.1, 0.15) is 25.7 Å². The SMILES string of the molecule is CN(CC1(O)CCCC1)C(=O)C(C(F)(F)F)C(F)(F)F. The largest absolute Gasteiger partial charge is 0.409 e. The molecule has 20 heavy (non-hydrogen) atoms. The number of hydrogen-bond acceptors (Lipinski definition) is 2. The van der Waals surface area contributed by atoms with Gasteiger partial charge in [0.1, 0.15) is 0 Å². The van der Waals surface area contributed by atoms with Crippen molar-refractivity contribution in [2.75, 3.05) is 13.6 Å². The number of alkyl halides is 6. The van der Waals surface area contributed by atoms with Crippen molar-refractivity contribution in [3.05, 3.63) is 0 Å². The number of carbonyl (C=O) groups is 1. The molecule has 0 aliphatic heterocycles. The van der Waals surface area contributed by atoms with Crippen LogP contribution < -0.4 is 0 Å². The molecule has 1 fully saturated rings. The van der Waals surface area contributed by atoms with E-state index in [-0.39, 0.29) is 12.8 Å². The number of rotatable bonds is 3. The Kier molecular flexibility index (Phi) is 4.62. The fourth-order valence-electron chi connectivity index (χ4n) is 2.40. The third-order valence-corrected chi connectivity index (χ3v) is 3.34. The minimum absolute atomic E-state index is 0.257. The number of aliphatic hydroxyl groups is 1. The summed E-state index contributed by atoms with van der Waals surface area (Å²) in [7, 11) is 0.836. The first kappa shape index (κ1) is 17.1. The first-order chi connectivity index (χ1) is 8.87. The summed E-state index contributed by atoms with van der Waals surface area (Å²) in [6.45, 7) is -0.533. The van der Waals surface area contributed by atoms with Crippen molar-refractivity contribution >= 4 is 5.91 Å². The molecule has 0 heterocycles. The van der Waals surface area contributed by atoms with Gasteiger partial charge in [-0.3, -0.25) is 4.79 Å². The van der Waals surface area contributed by atoms with Gasteiger partial charge in [-0.05, 0) is 12.8 Å². The van der Waals surface area contributed by atoms with Gasteiger partial charge in [0, 0.05) is 13.6 Å². The zero-order valence-corrected chi connectivity index (χ0v) is 10.7. The van der Waals surface area contributed by atoms with Gasteiger partial charge in [-0.15, -0.1) is 0 Å². The van der Waals surface area contributed by atoms with Crippen LogP contribution in [0.3, 0.4) is 0 Å². The topological polar surface area (TPSA) is 40.5 Å². The third-order valence-electron chi connectivity index (χ3n) is 3.34. The van der Waals surface area contributed by atoms with E-state index in [9.17, 15) is 36.2 Å². The van der Waals surface area contributed by atoms with E-state index in [1.54, 1.807) is 0 Å². The average Bonchev–Trinajstić information content (AvgIpc) is 2.60. The second-order valence-electron chi connectivity index (χ2n) is 5.14. The van der Waals surface area contributed by atoms with Gasteiger partial charge in [-0.1, -0.05) is 12.8 Å². The molecule has 1 N–H and O–H groups in total. The standard InChI is InChI=1S/C11H15F6NO2/c1-18(6-9(20)4-2-3-5-9)8(19)7(10(12,13)14)11(15,16)17/h7,20H,2-6H2,1H3. The molecule has 0 radical (unpaired) electrons. The quantitative estimate of drug-likeness (QED) is 0.814. The number of likely N-dealkylation sites (N-methyl/N-ethyl adjacent to an activating group) is 1. The van der Waals surface area contributed by atoms with Crippen molar-refractivity contribution in [2.45, 2.75) is 43.6 Å². The van der Waals surface area contributed by atoms with Crippen molar-refractivity contribution in [3.63, 3.8) is 0 Å². The third kappa shape index (κ3) is 4.00. The average molecular weight is 307 g/mol. The molecule has 9 heteroatoms. The van der Waals surface area contributed by atoms with Crippen molar-refractivity contribution in [3.8, 4) is 0 Å². The second kappa shape index (κ2) is 5.42. The Morgan fingerprint density at radius 2 is 1.55 bits per heavy atom. The molecule has 118 valence electrons. The van der Waals surface area contributed by atoms with Crippen LogP contribution in [0.2, 0.25) is 0 Å². The molecule has 0 atom stereocenters. The van der Waals surface area contributed by atoms with Crippen molar-refractivity contribution in [1.82, 2.24) is 4.90 Å². The van der Waals surface area contributed by atoms with E-state index >= 15 is 0 Å². The van der Waals surface area contributed by atoms with Gasteiger partial charge in [0.15, 0.2) is 0 Å². The van der Waals surface area contributed by atoms with E-state index in [1.807, 2.05) is 0 Å². The van der Waals surface area contributed by atoms with Crippen LogP contribution in [0.25, 0.3) is 0 Å². The second-order valence-corrected chi connectivity index (χ2v) is 5.14. The van der Waals surface area contributed by atoms with Crippen molar-refractivity contribution in [1.29, 1.82) is 0 Å². The van der Waals surface area contributed by atoms with Gasteiger partial charge in [-0.2, -0.15) is 26.3 Å². The molecule has 1 saturated carbocycles. The summed E-state index contributed by atoms with van der Waals surface area (Å²) in [4.78, 5) is 11.8. The molecule has 1 amide bonds. The Morgan fingerprint density at radius 3 is 1.90 bits per heavy atom. The number of nitrogens with zero attached hydrogens (tertiary/aromatic N) is 1. The van der Waals surface area contributed by atoms with Crippen LogP contribution in [0.15, 0.2) is 0 Å². The van der Waals surface area contributed by atoms with Crippen LogP contribution in [0.4, 0.5) is 26.3 Å². The minimum Gasteiger partial charge on any atom is -0.388 e. The minimum atomic E-state index is -5.71. The van der Waals surface area contributed by atoms with E-state index in [0.717, 1.165) is 7.05 Å². The van der Waals surface area contributed by atoms with E-state index in [4.69, 9.17) is 0 Å². The fourth-order valence-corrected chi connectivity index (χ4v) is 2.40. The van der Waals surface area contributed by atoms with Gasteiger partial charge >= 0.3 is 12.4 Å². The predicted molar refractivity (Wildman–Crippen MR) is 56.7 cm³/mol. The maximum absolute atomic E-state index is 12.4. The van der Waals surface area contributed by atoms with E-state index < -0.39 is 36.3 Å². The summed E-state index contributed by atoms with van der Waals surface area (Å²) in [5, 5.41) is 9.94. The smallest absolute Gasteiger partial charge is 0.388 e. The molecule has 0 spiro atoms. The number of halogens is 6. The van der Waals surface area contributed by atoms with Crippen LogP contribution in [0.5, 0.6) is 0 Å². The lowest BCUT2D eigenvalue weighted by Gasteiger charge is -2.32. The van der Waals surface area contributed by atoms with Gasteiger partial charge in [0.25, 0.3) is 0 Å². The Morgan fingerprint density at radius 1 is 1.15 bits per heavy atom. The lowest BCUT2D eigenvalue weighted by molar-refractivity contribution is -0.277. The summed E-state index contributed by atoms with van der Waals surface area (Å²) in [6.07, 6.45) is -9.65. The summed E-state index contributed by atoms with van der Waals surface area (Å²) >= 11 is 0. The molecule has 1 aliphatic rings. The Hall–Kier alpha value is -0.990. The predicted octanol–water partition coefficient (Wildman–Crippen LogP) is 2.49. The van der Waals surface area contributed by atoms with E-state index in [0.29, 0.717) is 17.7 Å². The summed E-state index contributed by atoms with van der Waals surface area (Å²) < 4.78 is 74.4. The van der Waals surface area contributed by atoms with Gasteiger partial charge < -0.3 is 10.0 Å². The summed E-state index contributed by atoms with van der Waals surface area (Å²) in [5.74, 6) is -6.14. The van der Waals surface area contributed by atoms with E-state index in [1.165, 1.54) is 0 Å². The highest BCUT2D eigenvalue weighted by molar-refractivity contribution is 5.80. The normalized spacial score (nSPS) is 19.4. The monoisotopic (exact) mass is 307 g/mol.